The van der Waals surface area contributed by atoms with Gasteiger partial charge in [-0.3, -0.25) is 14.4 Å². The molecule has 24 heavy (non-hydrogen) atoms. The zero-order valence-corrected chi connectivity index (χ0v) is 14.1. The van der Waals surface area contributed by atoms with Crippen molar-refractivity contribution < 1.29 is 9.59 Å². The first-order valence-corrected chi connectivity index (χ1v) is 7.66. The molecule has 0 fully saturated rings. The van der Waals surface area contributed by atoms with Crippen molar-refractivity contribution in [3.8, 4) is 0 Å². The standard InChI is InChI=1S/C15H14Cl2N4O3/c1-7(13(18)22)20-14(23)9-6-19-12(21-15(9)24)5-8-10(16)3-2-4-11(8)17/h2-4,6-7H,5H2,1H3,(H2,18,22)(H,20,23)(H,19,21,24)/t7-/m0/s1. The first-order valence-electron chi connectivity index (χ1n) is 6.91. The second kappa shape index (κ2) is 7.46. The van der Waals surface area contributed by atoms with Gasteiger partial charge in [0.2, 0.25) is 5.91 Å². The molecule has 0 unspecified atom stereocenters. The lowest BCUT2D eigenvalue weighted by Gasteiger charge is -2.10. The minimum absolute atomic E-state index is 0.202. The van der Waals surface area contributed by atoms with Gasteiger partial charge >= 0.3 is 0 Å². The molecular formula is C15H14Cl2N4O3. The van der Waals surface area contributed by atoms with Gasteiger partial charge in [0.05, 0.1) is 0 Å². The number of nitrogens with zero attached hydrogens (tertiary/aromatic N) is 1. The van der Waals surface area contributed by atoms with Crippen molar-refractivity contribution in [1.29, 1.82) is 0 Å². The first kappa shape index (κ1) is 18.0. The molecule has 1 aromatic carbocycles. The minimum Gasteiger partial charge on any atom is -0.368 e. The van der Waals surface area contributed by atoms with E-state index in [1.165, 1.54) is 6.92 Å². The van der Waals surface area contributed by atoms with E-state index in [0.29, 0.717) is 21.4 Å². The fourth-order valence-electron chi connectivity index (χ4n) is 1.90. The van der Waals surface area contributed by atoms with Crippen molar-refractivity contribution >= 4 is 35.0 Å². The van der Waals surface area contributed by atoms with Crippen molar-refractivity contribution in [2.45, 2.75) is 19.4 Å². The van der Waals surface area contributed by atoms with Crippen molar-refractivity contribution in [1.82, 2.24) is 15.3 Å². The summed E-state index contributed by atoms with van der Waals surface area (Å²) in [6.45, 7) is 1.41. The Balaban J connectivity index is 2.23. The Kier molecular flexibility index (Phi) is 5.58. The van der Waals surface area contributed by atoms with Crippen molar-refractivity contribution in [2.24, 2.45) is 5.73 Å². The number of H-pyrrole nitrogens is 1. The van der Waals surface area contributed by atoms with Gasteiger partial charge in [-0.25, -0.2) is 4.98 Å². The van der Waals surface area contributed by atoms with Crippen LogP contribution in [0.25, 0.3) is 0 Å². The van der Waals surface area contributed by atoms with Gasteiger partial charge in [0.25, 0.3) is 11.5 Å². The average molecular weight is 369 g/mol. The van der Waals surface area contributed by atoms with Crippen LogP contribution >= 0.6 is 23.2 Å². The summed E-state index contributed by atoms with van der Waals surface area (Å²) in [5.74, 6) is -1.15. The summed E-state index contributed by atoms with van der Waals surface area (Å²) >= 11 is 12.2. The molecule has 0 radical (unpaired) electrons. The molecule has 1 atom stereocenters. The summed E-state index contributed by atoms with van der Waals surface area (Å²) in [5.41, 5.74) is 4.81. The normalized spacial score (nSPS) is 11.8. The largest absolute Gasteiger partial charge is 0.368 e. The summed E-state index contributed by atoms with van der Waals surface area (Å²) in [5, 5.41) is 3.20. The lowest BCUT2D eigenvalue weighted by molar-refractivity contribution is -0.119. The summed E-state index contributed by atoms with van der Waals surface area (Å²) in [6.07, 6.45) is 1.33. The van der Waals surface area contributed by atoms with Gasteiger partial charge in [0, 0.05) is 22.7 Å². The Morgan fingerprint density at radius 3 is 2.50 bits per heavy atom. The van der Waals surface area contributed by atoms with Gasteiger partial charge < -0.3 is 16.0 Å². The van der Waals surface area contributed by atoms with Crippen LogP contribution < -0.4 is 16.6 Å². The maximum absolute atomic E-state index is 12.1. The number of nitrogens with two attached hydrogens (primary N) is 1. The molecular weight excluding hydrogens is 355 g/mol. The van der Waals surface area contributed by atoms with E-state index in [-0.39, 0.29) is 12.0 Å². The lowest BCUT2D eigenvalue weighted by Crippen LogP contribution is -2.43. The minimum atomic E-state index is -0.904. The van der Waals surface area contributed by atoms with E-state index in [9.17, 15) is 14.4 Å². The van der Waals surface area contributed by atoms with E-state index < -0.39 is 23.4 Å². The molecule has 4 N–H and O–H groups in total. The van der Waals surface area contributed by atoms with Crippen LogP contribution in [0.2, 0.25) is 10.0 Å². The number of primary amides is 1. The van der Waals surface area contributed by atoms with Crippen LogP contribution in [0.15, 0.2) is 29.2 Å². The Morgan fingerprint density at radius 2 is 1.96 bits per heavy atom. The third-order valence-electron chi connectivity index (χ3n) is 3.28. The van der Waals surface area contributed by atoms with Gasteiger partial charge in [-0.15, -0.1) is 0 Å². The quantitative estimate of drug-likeness (QED) is 0.736. The smallest absolute Gasteiger partial charge is 0.263 e. The van der Waals surface area contributed by atoms with Gasteiger partial charge in [-0.1, -0.05) is 29.3 Å². The highest BCUT2D eigenvalue weighted by Crippen LogP contribution is 2.25. The Labute approximate surface area is 147 Å². The second-order valence-corrected chi connectivity index (χ2v) is 5.86. The fourth-order valence-corrected chi connectivity index (χ4v) is 2.43. The van der Waals surface area contributed by atoms with Crippen LogP contribution in [-0.2, 0) is 11.2 Å². The molecule has 0 aliphatic rings. The summed E-state index contributed by atoms with van der Waals surface area (Å²) in [4.78, 5) is 41.5. The van der Waals surface area contributed by atoms with E-state index >= 15 is 0 Å². The van der Waals surface area contributed by atoms with E-state index in [0.717, 1.165) is 6.20 Å². The number of halogens is 2. The number of hydrogen-bond acceptors (Lipinski definition) is 4. The number of aromatic nitrogens is 2. The SMILES string of the molecule is C[C@H](NC(=O)c1cnc(Cc2c(Cl)cccc2Cl)[nH]c1=O)C(N)=O. The Morgan fingerprint density at radius 1 is 1.33 bits per heavy atom. The maximum Gasteiger partial charge on any atom is 0.263 e. The molecule has 1 aromatic heterocycles. The van der Waals surface area contributed by atoms with Crippen LogP contribution in [-0.4, -0.2) is 27.8 Å². The highest BCUT2D eigenvalue weighted by Gasteiger charge is 2.17. The third kappa shape index (κ3) is 4.12. The summed E-state index contributed by atoms with van der Waals surface area (Å²) in [6, 6.07) is 4.15. The van der Waals surface area contributed by atoms with Crippen LogP contribution in [0.1, 0.15) is 28.7 Å². The Bertz CT molecular complexity index is 831. The summed E-state index contributed by atoms with van der Waals surface area (Å²) in [7, 11) is 0. The zero-order chi connectivity index (χ0) is 17.9. The number of benzene rings is 1. The second-order valence-electron chi connectivity index (χ2n) is 5.05. The molecule has 7 nitrogen and oxygen atoms in total. The number of nitrogens with one attached hydrogen (secondary N) is 2. The molecule has 0 saturated heterocycles. The van der Waals surface area contributed by atoms with Crippen molar-refractivity contribution in [3.05, 3.63) is 61.7 Å². The maximum atomic E-state index is 12.1. The highest BCUT2D eigenvalue weighted by molar-refractivity contribution is 6.36. The topological polar surface area (TPSA) is 118 Å². The zero-order valence-electron chi connectivity index (χ0n) is 12.6. The van der Waals surface area contributed by atoms with Crippen LogP contribution in [0.3, 0.4) is 0 Å². The number of carbonyl (C=O) groups is 2. The van der Waals surface area contributed by atoms with Gasteiger partial charge in [-0.2, -0.15) is 0 Å². The lowest BCUT2D eigenvalue weighted by atomic mass is 10.1. The van der Waals surface area contributed by atoms with E-state index in [1.807, 2.05) is 0 Å². The number of hydrogen-bond donors (Lipinski definition) is 3. The van der Waals surface area contributed by atoms with Crippen LogP contribution in [0.5, 0.6) is 0 Å². The number of aromatic amines is 1. The fraction of sp³-hybridized carbons (Fsp3) is 0.200. The first-order chi connectivity index (χ1) is 11.3. The van der Waals surface area contributed by atoms with Crippen molar-refractivity contribution in [2.75, 3.05) is 0 Å². The number of carbonyl (C=O) groups excluding carboxylic acids is 2. The van der Waals surface area contributed by atoms with Crippen molar-refractivity contribution in [3.63, 3.8) is 0 Å². The number of rotatable bonds is 5. The van der Waals surface area contributed by atoms with E-state index in [1.54, 1.807) is 18.2 Å². The third-order valence-corrected chi connectivity index (χ3v) is 3.99. The molecule has 2 amide bonds. The summed E-state index contributed by atoms with van der Waals surface area (Å²) < 4.78 is 0. The molecule has 9 heteroatoms. The van der Waals surface area contributed by atoms with Gasteiger partial charge in [0.15, 0.2) is 0 Å². The molecule has 0 spiro atoms. The predicted octanol–water partition coefficient (Wildman–Crippen LogP) is 1.27. The van der Waals surface area contributed by atoms with Gasteiger partial charge in [0.1, 0.15) is 17.4 Å². The molecule has 1 heterocycles. The monoisotopic (exact) mass is 368 g/mol. The number of amides is 2. The molecule has 0 saturated carbocycles. The van der Waals surface area contributed by atoms with Crippen LogP contribution in [0, 0.1) is 0 Å². The van der Waals surface area contributed by atoms with E-state index in [2.05, 4.69) is 15.3 Å². The van der Waals surface area contributed by atoms with Gasteiger partial charge in [-0.05, 0) is 24.6 Å². The average Bonchev–Trinajstić information content (AvgIpc) is 2.51. The molecule has 126 valence electrons. The highest BCUT2D eigenvalue weighted by atomic mass is 35.5. The Hall–Kier alpha value is -2.38. The molecule has 0 bridgehead atoms. The van der Waals surface area contributed by atoms with E-state index in [4.69, 9.17) is 28.9 Å². The molecule has 2 rings (SSSR count). The molecule has 2 aromatic rings. The predicted molar refractivity (Wildman–Crippen MR) is 90.2 cm³/mol. The molecule has 0 aliphatic heterocycles. The van der Waals surface area contributed by atoms with Crippen LogP contribution in [0.4, 0.5) is 0 Å². The molecule has 0 aliphatic carbocycles.